The van der Waals surface area contributed by atoms with Crippen LogP contribution in [0.1, 0.15) is 123 Å². The maximum Gasteiger partial charge on any atom is 0.270 e. The molecule has 0 N–H and O–H groups in total. The van der Waals surface area contributed by atoms with Crippen molar-refractivity contribution in [2.24, 2.45) is 0 Å². The average Bonchev–Trinajstić information content (AvgIpc) is 0.890. The van der Waals surface area contributed by atoms with Crippen molar-refractivity contribution >= 4 is 78.1 Å². The van der Waals surface area contributed by atoms with Crippen LogP contribution < -0.4 is 0 Å². The van der Waals surface area contributed by atoms with Gasteiger partial charge in [-0.05, 0) is 135 Å². The molecule has 123 heavy (non-hydrogen) atoms. The molecule has 12 rings (SSSR count). The number of rotatable bonds is 12. The van der Waals surface area contributed by atoms with Gasteiger partial charge in [-0.2, -0.15) is 0 Å². The molecule has 0 heterocycles. The summed E-state index contributed by atoms with van der Waals surface area (Å²) in [6.07, 6.45) is 0. The van der Waals surface area contributed by atoms with Gasteiger partial charge in [0.15, 0.2) is 17.3 Å². The fourth-order valence-corrected chi connectivity index (χ4v) is 11.3. The van der Waals surface area contributed by atoms with E-state index in [0.29, 0.717) is 0 Å². The Bertz CT molecular complexity index is 5070. The lowest BCUT2D eigenvalue weighted by atomic mass is 10.1. The predicted octanol–water partition coefficient (Wildman–Crippen LogP) is 19.5. The number of ketones is 3. The van der Waals surface area contributed by atoms with E-state index in [-0.39, 0.29) is 63.4 Å². The molecule has 12 aromatic carbocycles. The van der Waals surface area contributed by atoms with Crippen molar-refractivity contribution in [2.45, 2.75) is 130 Å². The molecule has 0 aliphatic carbocycles. The van der Waals surface area contributed by atoms with Crippen LogP contribution in [0.15, 0.2) is 357 Å². The van der Waals surface area contributed by atoms with E-state index in [9.17, 15) is 119 Å². The molecule has 0 aliphatic rings. The molecule has 21 nitrogen and oxygen atoms in total. The first kappa shape index (κ1) is 110. The van der Waals surface area contributed by atoms with Crippen LogP contribution in [0.4, 0.5) is 26.3 Å². The SMILES string of the molecule is CC(=O)c1ccccc1.CC(=O)c1ccccc1.CC(=O)c1ccccc1.CC(F)(F)c1ccccc1.CC(F)(F)c1ccccc1.CC(F)(F)c1ccccc1.Cc1ccc(S(=O)(=O)[O-])cc1.Cc1ccc(S(=O)(=O)[O-])cc1.Cc1ccc(S(=O)(=O)[O-])cc1.Cc1ccc(S(=O)(=O)[O-])cc1.Cc1ccc(S(=O)(=O)[O-])cc1.Cc1ccc(S(=O)(=O)[O-])cc1. The van der Waals surface area contributed by atoms with Gasteiger partial charge in [-0.1, -0.05) is 288 Å². The topological polar surface area (TPSA) is 394 Å². The van der Waals surface area contributed by atoms with Crippen molar-refractivity contribution in [1.82, 2.24) is 0 Å². The second-order valence-corrected chi connectivity index (χ2v) is 34.4. The molecule has 0 fully saturated rings. The first-order chi connectivity index (χ1) is 56.7. The van der Waals surface area contributed by atoms with Crippen molar-refractivity contribution in [1.29, 1.82) is 0 Å². The van der Waals surface area contributed by atoms with Crippen LogP contribution in [0, 0.1) is 41.5 Å². The molecule has 0 aliphatic heterocycles. The van der Waals surface area contributed by atoms with E-state index >= 15 is 0 Å². The summed E-state index contributed by atoms with van der Waals surface area (Å²) >= 11 is 0. The number of carbonyl (C=O) groups is 3. The number of hydrogen-bond donors (Lipinski definition) is 0. The highest BCUT2D eigenvalue weighted by atomic mass is 32.2. The van der Waals surface area contributed by atoms with E-state index in [4.69, 9.17) is 0 Å². The largest absolute Gasteiger partial charge is 0.744 e. The summed E-state index contributed by atoms with van der Waals surface area (Å²) in [4.78, 5) is 30.9. The van der Waals surface area contributed by atoms with Crippen molar-refractivity contribution < 1.29 is 119 Å². The summed E-state index contributed by atoms with van der Waals surface area (Å²) in [5.41, 5.74) is 8.09. The number of halogens is 6. The Labute approximate surface area is 716 Å². The van der Waals surface area contributed by atoms with Crippen LogP contribution in [0.2, 0.25) is 0 Å². The van der Waals surface area contributed by atoms with E-state index in [0.717, 1.165) is 70.8 Å². The fraction of sp³-hybridized carbons (Fsp3) is 0.167. The van der Waals surface area contributed by atoms with Gasteiger partial charge in [-0.15, -0.1) is 0 Å². The molecule has 0 bridgehead atoms. The molecule has 660 valence electrons. The van der Waals surface area contributed by atoms with Crippen molar-refractivity contribution in [3.05, 3.63) is 394 Å². The Morgan fingerprint density at radius 3 is 0.382 bits per heavy atom. The molecule has 0 radical (unpaired) electrons. The summed E-state index contributed by atoms with van der Waals surface area (Å²) in [7, 11) is -25.6. The van der Waals surface area contributed by atoms with Gasteiger partial charge < -0.3 is 27.3 Å². The van der Waals surface area contributed by atoms with Gasteiger partial charge >= 0.3 is 0 Å². The van der Waals surface area contributed by atoms with Gasteiger partial charge in [0.05, 0.1) is 29.4 Å². The molecule has 0 amide bonds. The third kappa shape index (κ3) is 49.4. The van der Waals surface area contributed by atoms with Gasteiger partial charge in [0.1, 0.15) is 60.7 Å². The minimum Gasteiger partial charge on any atom is -0.744 e. The van der Waals surface area contributed by atoms with E-state index in [2.05, 4.69) is 0 Å². The van der Waals surface area contributed by atoms with E-state index in [1.165, 1.54) is 109 Å². The molecule has 0 unspecified atom stereocenters. The summed E-state index contributed by atoms with van der Waals surface area (Å²) in [5.74, 6) is -7.76. The molecule has 0 aromatic heterocycles. The molecule has 0 saturated heterocycles. The minimum absolute atomic E-state index is 0.0648. The molecule has 0 atom stereocenters. The standard InChI is InChI=1S/3C8H8F2.3C8H8O.6C7H8O3S/c3*1-8(9,10)7-5-3-2-4-6-7;3*1-7(9)8-5-3-2-4-6-8;6*1-6-2-4-7(5-3-6)11(8,9)10/h3*2-6H,1H3;3*2-6H,1H3;6*2-5H,1H3,(H,8,9,10)/p-6. The fourth-order valence-electron chi connectivity index (χ4n) is 8.44. The summed E-state index contributed by atoms with van der Waals surface area (Å²) < 4.78 is 262. The lowest BCUT2D eigenvalue weighted by Gasteiger charge is -2.08. The first-order valence-electron chi connectivity index (χ1n) is 35.9. The van der Waals surface area contributed by atoms with Crippen LogP contribution in [0.3, 0.4) is 0 Å². The normalized spacial score (nSPS) is 10.9. The molecular formula is C90H90F6O21S6-6. The Morgan fingerprint density at radius 2 is 0.309 bits per heavy atom. The second kappa shape index (κ2) is 52.2. The zero-order valence-electron chi connectivity index (χ0n) is 68.5. The zero-order valence-corrected chi connectivity index (χ0v) is 73.4. The number of alkyl halides is 6. The monoisotopic (exact) mass is 1810 g/mol. The van der Waals surface area contributed by atoms with Crippen LogP contribution in [-0.4, -0.2) is 95.2 Å². The van der Waals surface area contributed by atoms with Crippen molar-refractivity contribution in [2.75, 3.05) is 0 Å². The lowest BCUT2D eigenvalue weighted by molar-refractivity contribution is 0.0168. The highest BCUT2D eigenvalue weighted by Gasteiger charge is 2.24. The summed E-state index contributed by atoms with van der Waals surface area (Å²) in [6.45, 7) is 18.3. The molecular weight excluding hydrogens is 1720 g/mol. The highest BCUT2D eigenvalue weighted by Crippen LogP contribution is 2.28. The minimum atomic E-state index is -4.27. The molecule has 12 aromatic rings. The smallest absolute Gasteiger partial charge is 0.270 e. The van der Waals surface area contributed by atoms with Crippen LogP contribution in [0.5, 0.6) is 0 Å². The number of benzene rings is 12. The second-order valence-electron chi connectivity index (χ2n) is 26.1. The molecule has 0 spiro atoms. The first-order valence-corrected chi connectivity index (χ1v) is 44.3. The number of carbonyl (C=O) groups excluding carboxylic acids is 3. The predicted molar refractivity (Wildman–Crippen MR) is 452 cm³/mol. The van der Waals surface area contributed by atoms with Crippen molar-refractivity contribution in [3.8, 4) is 0 Å². The van der Waals surface area contributed by atoms with E-state index < -0.39 is 78.5 Å². The third-order valence-corrected chi connectivity index (χ3v) is 20.3. The van der Waals surface area contributed by atoms with Gasteiger partial charge in [-0.3, -0.25) is 14.4 Å². The Hall–Kier alpha value is -11.3. The Balaban J connectivity index is 0.000000671. The lowest BCUT2D eigenvalue weighted by Crippen LogP contribution is -2.05. The Morgan fingerprint density at radius 1 is 0.203 bits per heavy atom. The number of hydrogen-bond acceptors (Lipinski definition) is 21. The van der Waals surface area contributed by atoms with Crippen LogP contribution in [-0.2, 0) is 78.5 Å². The van der Waals surface area contributed by atoms with E-state index in [1.807, 2.05) is 133 Å². The quantitative estimate of drug-likeness (QED) is 0.0623. The third-order valence-electron chi connectivity index (χ3n) is 15.2. The van der Waals surface area contributed by atoms with Crippen LogP contribution in [0.25, 0.3) is 0 Å². The summed E-state index contributed by atoms with van der Waals surface area (Å²) in [5, 5.41) is 0. The summed E-state index contributed by atoms with van der Waals surface area (Å²) in [6, 6.07) is 85.7. The van der Waals surface area contributed by atoms with E-state index in [1.54, 1.807) is 148 Å². The van der Waals surface area contributed by atoms with Gasteiger partial charge in [-0.25, -0.2) is 76.8 Å². The number of Topliss-reactive ketones (excluding diaryl/α,β-unsaturated/α-hetero) is 3. The zero-order chi connectivity index (χ0) is 93.8. The van der Waals surface area contributed by atoms with Crippen LogP contribution >= 0.6 is 0 Å². The maximum atomic E-state index is 12.5. The molecule has 33 heteroatoms. The van der Waals surface area contributed by atoms with Gasteiger partial charge in [0, 0.05) is 54.2 Å². The average molecular weight is 1810 g/mol. The van der Waals surface area contributed by atoms with Gasteiger partial charge in [0.2, 0.25) is 0 Å². The highest BCUT2D eigenvalue weighted by molar-refractivity contribution is 7.87. The van der Waals surface area contributed by atoms with Crippen molar-refractivity contribution in [3.63, 3.8) is 0 Å². The number of aryl methyl sites for hydroxylation is 6. The maximum absolute atomic E-state index is 12.5. The Kier molecular flexibility index (Phi) is 46.6. The molecule has 0 saturated carbocycles. The van der Waals surface area contributed by atoms with Gasteiger partial charge in [0.25, 0.3) is 17.8 Å².